The molecule has 1 spiro atoms. The second-order valence-corrected chi connectivity index (χ2v) is 5.70. The average molecular weight is 285 g/mol. The van der Waals surface area contributed by atoms with E-state index in [0.717, 1.165) is 25.7 Å². The summed E-state index contributed by atoms with van der Waals surface area (Å²) >= 11 is 0. The van der Waals surface area contributed by atoms with Crippen molar-refractivity contribution in [2.75, 3.05) is 0 Å². The zero-order valence-electron chi connectivity index (χ0n) is 11.9. The minimum absolute atomic E-state index is 0.206. The van der Waals surface area contributed by atoms with Gasteiger partial charge < -0.3 is 0 Å². The summed E-state index contributed by atoms with van der Waals surface area (Å²) in [4.78, 5) is 29.2. The highest BCUT2D eigenvalue weighted by atomic mass is 16.2. The van der Waals surface area contributed by atoms with Gasteiger partial charge in [0, 0.05) is 0 Å². The number of nitrogens with one attached hydrogen (secondary N) is 2. The van der Waals surface area contributed by atoms with Crippen LogP contribution in [0, 0.1) is 5.41 Å². The molecule has 1 saturated heterocycles. The maximum atomic E-state index is 12.5. The molecule has 1 heterocycles. The number of aliphatic imine (C=N–C) groups is 1. The molecule has 1 aromatic rings. The van der Waals surface area contributed by atoms with Crippen LogP contribution in [0.25, 0.3) is 0 Å². The van der Waals surface area contributed by atoms with E-state index < -0.39 is 5.41 Å². The van der Waals surface area contributed by atoms with Gasteiger partial charge in [0.2, 0.25) is 17.8 Å². The van der Waals surface area contributed by atoms with Crippen molar-refractivity contribution in [3.05, 3.63) is 30.3 Å². The lowest BCUT2D eigenvalue weighted by atomic mass is 9.77. The summed E-state index contributed by atoms with van der Waals surface area (Å²) in [6, 6.07) is 9.25. The number of guanidine groups is 1. The number of benzene rings is 1. The molecule has 1 aromatic carbocycles. The van der Waals surface area contributed by atoms with Crippen molar-refractivity contribution in [1.82, 2.24) is 10.6 Å². The monoisotopic (exact) mass is 285 g/mol. The Bertz CT molecular complexity index is 550. The van der Waals surface area contributed by atoms with Crippen molar-refractivity contribution in [3.63, 3.8) is 0 Å². The summed E-state index contributed by atoms with van der Waals surface area (Å²) in [5, 5.41) is 5.53. The Morgan fingerprint density at radius 3 is 2.00 bits per heavy atom. The fourth-order valence-corrected chi connectivity index (χ4v) is 3.06. The Balaban J connectivity index is 1.82. The van der Waals surface area contributed by atoms with E-state index in [-0.39, 0.29) is 17.8 Å². The molecular formula is C16H19N3O2. The van der Waals surface area contributed by atoms with Gasteiger partial charge in [-0.3, -0.25) is 20.2 Å². The van der Waals surface area contributed by atoms with Crippen LogP contribution in [0.15, 0.2) is 35.3 Å². The molecule has 2 N–H and O–H groups in total. The number of carbonyl (C=O) groups is 2. The zero-order valence-corrected chi connectivity index (χ0v) is 11.9. The molecule has 1 aliphatic heterocycles. The largest absolute Gasteiger partial charge is 0.295 e. The molecule has 1 aliphatic carbocycles. The smallest absolute Gasteiger partial charge is 0.242 e. The lowest BCUT2D eigenvalue weighted by molar-refractivity contribution is -0.144. The summed E-state index contributed by atoms with van der Waals surface area (Å²) < 4.78 is 0. The van der Waals surface area contributed by atoms with Crippen LogP contribution >= 0.6 is 0 Å². The molecule has 1 saturated carbocycles. The molecule has 0 bridgehead atoms. The van der Waals surface area contributed by atoms with Gasteiger partial charge in [-0.15, -0.1) is 0 Å². The second-order valence-electron chi connectivity index (χ2n) is 5.70. The normalized spacial score (nSPS) is 21.4. The van der Waals surface area contributed by atoms with Gasteiger partial charge >= 0.3 is 0 Å². The van der Waals surface area contributed by atoms with Crippen molar-refractivity contribution in [2.24, 2.45) is 10.4 Å². The molecule has 0 radical (unpaired) electrons. The van der Waals surface area contributed by atoms with Gasteiger partial charge in [-0.25, -0.2) is 4.99 Å². The highest BCUT2D eigenvalue weighted by Gasteiger charge is 2.49. The quantitative estimate of drug-likeness (QED) is 0.777. The van der Waals surface area contributed by atoms with Gasteiger partial charge in [-0.2, -0.15) is 0 Å². The van der Waals surface area contributed by atoms with Crippen LogP contribution in [-0.4, -0.2) is 17.8 Å². The number of hydrogen-bond acceptors (Lipinski definition) is 3. The number of para-hydroxylation sites is 1. The summed E-state index contributed by atoms with van der Waals surface area (Å²) in [6.07, 6.45) is 5.28. The van der Waals surface area contributed by atoms with E-state index in [1.165, 1.54) is 0 Å². The first kappa shape index (κ1) is 13.8. The molecule has 2 amide bonds. The summed E-state index contributed by atoms with van der Waals surface area (Å²) in [5.41, 5.74) is -0.198. The Labute approximate surface area is 123 Å². The fourth-order valence-electron chi connectivity index (χ4n) is 3.06. The minimum atomic E-state index is -0.897. The summed E-state index contributed by atoms with van der Waals surface area (Å²) in [6.45, 7) is 0. The summed E-state index contributed by atoms with van der Waals surface area (Å²) in [5.74, 6) is -0.184. The van der Waals surface area contributed by atoms with E-state index >= 15 is 0 Å². The van der Waals surface area contributed by atoms with Gasteiger partial charge in [0.25, 0.3) is 0 Å². The third kappa shape index (κ3) is 2.68. The molecule has 3 rings (SSSR count). The van der Waals surface area contributed by atoms with Crippen LogP contribution in [0.3, 0.4) is 0 Å². The maximum absolute atomic E-state index is 12.5. The predicted molar refractivity (Wildman–Crippen MR) is 80.0 cm³/mol. The van der Waals surface area contributed by atoms with Crippen LogP contribution < -0.4 is 10.6 Å². The third-order valence-corrected chi connectivity index (χ3v) is 4.29. The molecule has 2 fully saturated rings. The lowest BCUT2D eigenvalue weighted by Crippen LogP contribution is -2.62. The van der Waals surface area contributed by atoms with Crippen LogP contribution in [0.5, 0.6) is 0 Å². The highest BCUT2D eigenvalue weighted by Crippen LogP contribution is 2.36. The Kier molecular flexibility index (Phi) is 3.73. The molecule has 110 valence electrons. The molecular weight excluding hydrogens is 266 g/mol. The van der Waals surface area contributed by atoms with E-state index in [0.29, 0.717) is 18.5 Å². The summed E-state index contributed by atoms with van der Waals surface area (Å²) in [7, 11) is 0. The number of rotatable bonds is 1. The first-order valence-corrected chi connectivity index (χ1v) is 7.47. The first-order valence-electron chi connectivity index (χ1n) is 7.47. The first-order chi connectivity index (χ1) is 10.2. The van der Waals surface area contributed by atoms with Crippen molar-refractivity contribution in [2.45, 2.75) is 38.5 Å². The molecule has 0 unspecified atom stereocenters. The van der Waals surface area contributed by atoms with Crippen molar-refractivity contribution in [1.29, 1.82) is 0 Å². The fraction of sp³-hybridized carbons (Fsp3) is 0.438. The second kappa shape index (κ2) is 5.68. The third-order valence-electron chi connectivity index (χ3n) is 4.29. The number of carbonyl (C=O) groups excluding carboxylic acids is 2. The minimum Gasteiger partial charge on any atom is -0.295 e. The Morgan fingerprint density at radius 1 is 0.857 bits per heavy atom. The SMILES string of the molecule is O=C1NC(=Nc2ccccc2)NC(=O)C12CCCCCC2. The van der Waals surface area contributed by atoms with E-state index in [9.17, 15) is 9.59 Å². The standard InChI is InChI=1S/C16H19N3O2/c20-13-16(10-6-1-2-7-11-16)14(21)19-15(18-13)17-12-8-4-3-5-9-12/h3-5,8-9H,1-2,6-7,10-11H2,(H2,17,18,19,20,21). The molecule has 0 aromatic heterocycles. The lowest BCUT2D eigenvalue weighted by Gasteiger charge is -2.34. The van der Waals surface area contributed by atoms with Gasteiger partial charge in [0.15, 0.2) is 0 Å². The van der Waals surface area contributed by atoms with Gasteiger partial charge in [0.05, 0.1) is 5.69 Å². The van der Waals surface area contributed by atoms with Gasteiger partial charge in [0.1, 0.15) is 5.41 Å². The molecule has 0 atom stereocenters. The van der Waals surface area contributed by atoms with Gasteiger partial charge in [-0.1, -0.05) is 43.9 Å². The number of amides is 2. The topological polar surface area (TPSA) is 70.6 Å². The number of nitrogens with zero attached hydrogens (tertiary/aromatic N) is 1. The van der Waals surface area contributed by atoms with Crippen LogP contribution in [-0.2, 0) is 9.59 Å². The maximum Gasteiger partial charge on any atom is 0.242 e. The molecule has 21 heavy (non-hydrogen) atoms. The van der Waals surface area contributed by atoms with Gasteiger partial charge in [-0.05, 0) is 25.0 Å². The van der Waals surface area contributed by atoms with Crippen LogP contribution in [0.1, 0.15) is 38.5 Å². The molecule has 5 heteroatoms. The van der Waals surface area contributed by atoms with Crippen LogP contribution in [0.4, 0.5) is 5.69 Å². The van der Waals surface area contributed by atoms with E-state index in [1.807, 2.05) is 30.3 Å². The Morgan fingerprint density at radius 2 is 1.43 bits per heavy atom. The van der Waals surface area contributed by atoms with Crippen molar-refractivity contribution >= 4 is 23.5 Å². The average Bonchev–Trinajstić information content (AvgIpc) is 2.73. The Hall–Kier alpha value is -2.17. The highest BCUT2D eigenvalue weighted by molar-refractivity contribution is 6.20. The van der Waals surface area contributed by atoms with Crippen LogP contribution in [0.2, 0.25) is 0 Å². The predicted octanol–water partition coefficient (Wildman–Crippen LogP) is 2.26. The van der Waals surface area contributed by atoms with E-state index in [1.54, 1.807) is 0 Å². The van der Waals surface area contributed by atoms with Crippen molar-refractivity contribution in [3.8, 4) is 0 Å². The molecule has 5 nitrogen and oxygen atoms in total. The molecule has 2 aliphatic rings. The van der Waals surface area contributed by atoms with E-state index in [4.69, 9.17) is 0 Å². The zero-order chi connectivity index (χ0) is 14.7. The van der Waals surface area contributed by atoms with Crippen molar-refractivity contribution < 1.29 is 9.59 Å². The van der Waals surface area contributed by atoms with E-state index in [2.05, 4.69) is 15.6 Å². The number of hydrogen-bond donors (Lipinski definition) is 2.